The van der Waals surface area contributed by atoms with Gasteiger partial charge in [-0.1, -0.05) is 0 Å². The Kier molecular flexibility index (Phi) is 6.40. The van der Waals surface area contributed by atoms with Crippen molar-refractivity contribution in [1.29, 1.82) is 0 Å². The van der Waals surface area contributed by atoms with Gasteiger partial charge in [-0.2, -0.15) is 0 Å². The maximum atomic E-state index is 11.5. The van der Waals surface area contributed by atoms with E-state index in [0.717, 1.165) is 17.4 Å². The Morgan fingerprint density at radius 1 is 1.59 bits per heavy atom. The van der Waals surface area contributed by atoms with Gasteiger partial charge in [-0.15, -0.1) is 0 Å². The van der Waals surface area contributed by atoms with E-state index in [9.17, 15) is 9.90 Å². The first-order valence-electron chi connectivity index (χ1n) is 4.65. The van der Waals surface area contributed by atoms with Crippen molar-refractivity contribution in [3.05, 3.63) is 16.5 Å². The minimum absolute atomic E-state index is 0. The zero-order chi connectivity index (χ0) is 12.3. The maximum Gasteiger partial charge on any atom is 0.246 e. The summed E-state index contributed by atoms with van der Waals surface area (Å²) < 4.78 is 0. The number of rotatable bonds is 2. The summed E-state index contributed by atoms with van der Waals surface area (Å²) in [5, 5.41) is 12.3. The van der Waals surface area contributed by atoms with Crippen molar-refractivity contribution in [2.75, 3.05) is 5.73 Å². The summed E-state index contributed by atoms with van der Waals surface area (Å²) >= 11 is 1.06. The van der Waals surface area contributed by atoms with Crippen LogP contribution in [0.15, 0.2) is 6.08 Å². The van der Waals surface area contributed by atoms with Crippen LogP contribution >= 0.6 is 11.3 Å². The second kappa shape index (κ2) is 6.54. The number of amides is 1. The van der Waals surface area contributed by atoms with Crippen LogP contribution in [0.4, 0.5) is 5.82 Å². The smallest absolute Gasteiger partial charge is 0.246 e. The Bertz CT molecular complexity index is 423. The molecule has 1 aromatic rings. The molecule has 0 saturated carbocycles. The molecule has 17 heavy (non-hydrogen) atoms. The van der Waals surface area contributed by atoms with Crippen LogP contribution in [0.3, 0.4) is 0 Å². The first-order valence-corrected chi connectivity index (χ1v) is 5.47. The quantitative estimate of drug-likeness (QED) is 0.411. The minimum atomic E-state index is -0.377. The van der Waals surface area contributed by atoms with Gasteiger partial charge in [-0.25, -0.2) is 0 Å². The SMILES string of the molecule is CC(C)(C)NC(=O)/C=C(\O)c1s[c-]nc1N.[La]. The van der Waals surface area contributed by atoms with Crippen LogP contribution in [0.25, 0.3) is 5.76 Å². The number of nitrogens with zero attached hydrogens (tertiary/aromatic N) is 1. The maximum absolute atomic E-state index is 11.5. The van der Waals surface area contributed by atoms with Gasteiger partial charge in [-0.05, 0) is 37.0 Å². The van der Waals surface area contributed by atoms with Gasteiger partial charge in [0.2, 0.25) is 5.91 Å². The summed E-state index contributed by atoms with van der Waals surface area (Å²) in [6.45, 7) is 5.56. The fourth-order valence-electron chi connectivity index (χ4n) is 1.000. The van der Waals surface area contributed by atoms with E-state index in [0.29, 0.717) is 4.88 Å². The monoisotopic (exact) mass is 379 g/mol. The van der Waals surface area contributed by atoms with E-state index in [1.165, 1.54) is 0 Å². The number of aliphatic hydroxyl groups excluding tert-OH is 1. The van der Waals surface area contributed by atoms with Crippen LogP contribution in [-0.2, 0) is 4.79 Å². The van der Waals surface area contributed by atoms with Gasteiger partial charge in [0.05, 0.1) is 5.76 Å². The molecule has 7 heteroatoms. The molecule has 0 bridgehead atoms. The number of anilines is 1. The number of carbonyl (C=O) groups is 1. The Balaban J connectivity index is 0.00000256. The predicted octanol–water partition coefficient (Wildman–Crippen LogP) is 1.34. The van der Waals surface area contributed by atoms with Crippen molar-refractivity contribution < 1.29 is 45.5 Å². The Morgan fingerprint density at radius 3 is 2.59 bits per heavy atom. The van der Waals surface area contributed by atoms with Gasteiger partial charge < -0.3 is 21.1 Å². The molecule has 1 rings (SSSR count). The van der Waals surface area contributed by atoms with E-state index in [1.807, 2.05) is 20.8 Å². The fraction of sp³-hybridized carbons (Fsp3) is 0.400. The average Bonchev–Trinajstić information content (AvgIpc) is 2.47. The molecular weight excluding hydrogens is 365 g/mol. The van der Waals surface area contributed by atoms with Gasteiger partial charge in [0.1, 0.15) is 0 Å². The summed E-state index contributed by atoms with van der Waals surface area (Å²) in [6.07, 6.45) is 1.09. The summed E-state index contributed by atoms with van der Waals surface area (Å²) in [6, 6.07) is 0. The number of nitrogens with one attached hydrogen (secondary N) is 1. The van der Waals surface area contributed by atoms with E-state index in [-0.39, 0.29) is 58.6 Å². The second-order valence-corrected chi connectivity index (χ2v) is 5.08. The van der Waals surface area contributed by atoms with Crippen molar-refractivity contribution in [1.82, 2.24) is 10.3 Å². The molecular formula is C10H14LaN3O2S-. The van der Waals surface area contributed by atoms with Crippen molar-refractivity contribution >= 4 is 28.8 Å². The van der Waals surface area contributed by atoms with Gasteiger partial charge in [0.15, 0.2) is 0 Å². The first-order chi connectivity index (χ1) is 7.29. The molecule has 1 heterocycles. The molecule has 4 N–H and O–H groups in total. The van der Waals surface area contributed by atoms with Crippen LogP contribution in [0.5, 0.6) is 0 Å². The average molecular weight is 379 g/mol. The molecule has 0 spiro atoms. The molecule has 0 aliphatic rings. The molecule has 91 valence electrons. The topological polar surface area (TPSA) is 88.2 Å². The van der Waals surface area contributed by atoms with E-state index in [1.54, 1.807) is 0 Å². The number of aromatic nitrogens is 1. The number of hydrogen-bond donors (Lipinski definition) is 3. The third-order valence-electron chi connectivity index (χ3n) is 1.55. The standard InChI is InChI=1S/C10H14N3O2S.La/c1-10(2,3)13-7(15)4-6(14)8-9(11)12-5-16-8;/h4,14H,11H2,1-3H3,(H,13,15);/q-1;/b6-4-;. The molecule has 0 atom stereocenters. The molecule has 1 amide bonds. The van der Waals surface area contributed by atoms with Crippen LogP contribution in [-0.4, -0.2) is 21.5 Å². The Morgan fingerprint density at radius 2 is 2.18 bits per heavy atom. The van der Waals surface area contributed by atoms with E-state index in [4.69, 9.17) is 5.73 Å². The molecule has 0 fully saturated rings. The molecule has 1 radical (unpaired) electrons. The van der Waals surface area contributed by atoms with Gasteiger partial charge in [0, 0.05) is 47.2 Å². The van der Waals surface area contributed by atoms with Crippen molar-refractivity contribution in [2.24, 2.45) is 0 Å². The summed E-state index contributed by atoms with van der Waals surface area (Å²) in [7, 11) is 0. The van der Waals surface area contributed by atoms with Crippen molar-refractivity contribution in [3.63, 3.8) is 0 Å². The number of aliphatic hydroxyl groups is 1. The summed E-state index contributed by atoms with van der Waals surface area (Å²) in [4.78, 5) is 15.5. The van der Waals surface area contributed by atoms with E-state index in [2.05, 4.69) is 15.8 Å². The Hall–Kier alpha value is -0.365. The largest absolute Gasteiger partial charge is 0.520 e. The van der Waals surface area contributed by atoms with Gasteiger partial charge >= 0.3 is 0 Å². The van der Waals surface area contributed by atoms with Crippen LogP contribution in [0.1, 0.15) is 25.6 Å². The number of nitrogens with two attached hydrogens (primary N) is 1. The number of carbonyl (C=O) groups excluding carboxylic acids is 1. The van der Waals surface area contributed by atoms with Crippen LogP contribution in [0, 0.1) is 41.1 Å². The number of thiazole rings is 1. The third-order valence-corrected chi connectivity index (χ3v) is 2.35. The second-order valence-electron chi connectivity index (χ2n) is 4.29. The normalized spacial score (nSPS) is 11.8. The molecule has 0 aliphatic carbocycles. The predicted molar refractivity (Wildman–Crippen MR) is 63.9 cm³/mol. The fourth-order valence-corrected chi connectivity index (χ4v) is 1.55. The molecule has 1 aromatic heterocycles. The van der Waals surface area contributed by atoms with Crippen LogP contribution in [0.2, 0.25) is 0 Å². The summed E-state index contributed by atoms with van der Waals surface area (Å²) in [5.74, 6) is -0.405. The minimum Gasteiger partial charge on any atom is -0.520 e. The van der Waals surface area contributed by atoms with Crippen LogP contribution < -0.4 is 11.1 Å². The molecule has 0 saturated heterocycles. The zero-order valence-electron chi connectivity index (χ0n) is 9.94. The third kappa shape index (κ3) is 5.67. The zero-order valence-corrected chi connectivity index (χ0v) is 14.4. The molecule has 0 unspecified atom stereocenters. The number of nitrogen functional groups attached to an aromatic ring is 1. The Labute approximate surface area is 132 Å². The first kappa shape index (κ1) is 16.6. The molecule has 0 aromatic carbocycles. The van der Waals surface area contributed by atoms with Crippen molar-refractivity contribution in [3.8, 4) is 0 Å². The van der Waals surface area contributed by atoms with Gasteiger partial charge in [-0.3, -0.25) is 16.1 Å². The van der Waals surface area contributed by atoms with E-state index < -0.39 is 0 Å². The molecule has 5 nitrogen and oxygen atoms in total. The van der Waals surface area contributed by atoms with E-state index >= 15 is 0 Å². The molecule has 0 aliphatic heterocycles. The van der Waals surface area contributed by atoms with Gasteiger partial charge in [0.25, 0.3) is 0 Å². The summed E-state index contributed by atoms with van der Waals surface area (Å²) in [5.41, 5.74) is 7.67. The number of hydrogen-bond acceptors (Lipinski definition) is 5. The van der Waals surface area contributed by atoms with Crippen molar-refractivity contribution in [2.45, 2.75) is 26.3 Å².